The molecular formula is C19H16ClFN4O5S. The smallest absolute Gasteiger partial charge is 0.441 e. The lowest BCUT2D eigenvalue weighted by molar-refractivity contribution is 0.0941. The van der Waals surface area contributed by atoms with E-state index in [1.807, 2.05) is 0 Å². The molecule has 0 bridgehead atoms. The van der Waals surface area contributed by atoms with E-state index in [1.54, 1.807) is 58.4 Å². The van der Waals surface area contributed by atoms with Crippen LogP contribution in [-0.4, -0.2) is 29.2 Å². The number of hydrazine groups is 1. The molecule has 1 aromatic heterocycles. The van der Waals surface area contributed by atoms with Crippen molar-refractivity contribution in [2.45, 2.75) is 6.61 Å². The molecule has 0 atom stereocenters. The standard InChI is InChI=1S/C19H16ClFN4O5S/c1-25-9-16(22-11-25)13-7-14(17(21)15(20)8-13)18(26)23-24-31(28,29)19(27)30-10-12-5-3-2-4-6-12/h2-9,11,24H,10H2,1H3,(H,23,26). The molecule has 9 nitrogen and oxygen atoms in total. The number of imidazole rings is 1. The van der Waals surface area contributed by atoms with Gasteiger partial charge in [-0.2, -0.15) is 8.42 Å². The van der Waals surface area contributed by atoms with Crippen LogP contribution in [0.5, 0.6) is 0 Å². The summed E-state index contributed by atoms with van der Waals surface area (Å²) in [5.41, 5.74) is 2.54. The van der Waals surface area contributed by atoms with Crippen LogP contribution in [-0.2, 0) is 28.4 Å². The minimum atomic E-state index is -4.73. The largest absolute Gasteiger partial charge is 0.448 e. The minimum Gasteiger partial charge on any atom is -0.448 e. The number of sulfonamides is 1. The fourth-order valence-electron chi connectivity index (χ4n) is 2.48. The number of aromatic nitrogens is 2. The second-order valence-electron chi connectivity index (χ2n) is 6.33. The number of halogens is 2. The number of benzene rings is 2. The number of amides is 1. The topological polar surface area (TPSA) is 119 Å². The van der Waals surface area contributed by atoms with Crippen LogP contribution < -0.4 is 10.3 Å². The molecule has 1 amide bonds. The first-order valence-corrected chi connectivity index (χ1v) is 10.5. The SMILES string of the molecule is Cn1cnc(-c2cc(Cl)c(F)c(C(=O)NNS(=O)(=O)C(=O)OCc3ccccc3)c2)c1. The molecule has 0 aliphatic heterocycles. The summed E-state index contributed by atoms with van der Waals surface area (Å²) in [6.45, 7) is -0.287. The molecule has 12 heteroatoms. The maximum atomic E-state index is 14.4. The molecule has 1 heterocycles. The predicted molar refractivity (Wildman–Crippen MR) is 110 cm³/mol. The molecule has 0 aliphatic carbocycles. The van der Waals surface area contributed by atoms with Gasteiger partial charge in [0.05, 0.1) is 22.6 Å². The van der Waals surface area contributed by atoms with E-state index in [0.29, 0.717) is 16.8 Å². The van der Waals surface area contributed by atoms with Crippen molar-refractivity contribution in [3.8, 4) is 11.3 Å². The van der Waals surface area contributed by atoms with Gasteiger partial charge in [-0.3, -0.25) is 10.2 Å². The highest BCUT2D eigenvalue weighted by atomic mass is 35.5. The highest BCUT2D eigenvalue weighted by Gasteiger charge is 2.26. The first-order valence-electron chi connectivity index (χ1n) is 8.67. The third-order valence-corrected chi connectivity index (χ3v) is 5.19. The zero-order valence-electron chi connectivity index (χ0n) is 16.0. The highest BCUT2D eigenvalue weighted by molar-refractivity contribution is 8.03. The number of carbonyl (C=O) groups is 2. The van der Waals surface area contributed by atoms with E-state index in [2.05, 4.69) is 4.98 Å². The fourth-order valence-corrected chi connectivity index (χ4v) is 3.22. The second-order valence-corrected chi connectivity index (χ2v) is 8.28. The van der Waals surface area contributed by atoms with Crippen molar-refractivity contribution >= 4 is 32.8 Å². The van der Waals surface area contributed by atoms with Gasteiger partial charge < -0.3 is 9.30 Å². The Kier molecular flexibility index (Phi) is 6.68. The van der Waals surface area contributed by atoms with Crippen molar-refractivity contribution in [2.24, 2.45) is 7.05 Å². The van der Waals surface area contributed by atoms with Crippen molar-refractivity contribution < 1.29 is 27.1 Å². The van der Waals surface area contributed by atoms with E-state index < -0.39 is 32.6 Å². The Morgan fingerprint density at radius 2 is 1.94 bits per heavy atom. The molecule has 0 saturated carbocycles. The number of ether oxygens (including phenoxy) is 1. The predicted octanol–water partition coefficient (Wildman–Crippen LogP) is 2.78. The van der Waals surface area contributed by atoms with Gasteiger partial charge in [0.15, 0.2) is 5.82 Å². The highest BCUT2D eigenvalue weighted by Crippen LogP contribution is 2.27. The van der Waals surface area contributed by atoms with Gasteiger partial charge in [0.1, 0.15) is 6.61 Å². The fraction of sp³-hybridized carbons (Fsp3) is 0.105. The molecule has 0 aliphatic rings. The molecule has 0 unspecified atom stereocenters. The zero-order valence-corrected chi connectivity index (χ0v) is 17.6. The van der Waals surface area contributed by atoms with Crippen molar-refractivity contribution in [3.63, 3.8) is 0 Å². The number of hydrogen-bond donors (Lipinski definition) is 2. The summed E-state index contributed by atoms with van der Waals surface area (Å²) >= 11 is 5.86. The molecular weight excluding hydrogens is 451 g/mol. The number of hydrogen-bond acceptors (Lipinski definition) is 6. The number of nitrogens with one attached hydrogen (secondary N) is 2. The van der Waals surface area contributed by atoms with E-state index >= 15 is 0 Å². The number of rotatable bonds is 6. The van der Waals surface area contributed by atoms with E-state index in [9.17, 15) is 22.4 Å². The molecule has 3 rings (SSSR count). The van der Waals surface area contributed by atoms with E-state index in [0.717, 1.165) is 6.07 Å². The van der Waals surface area contributed by atoms with Gasteiger partial charge in [0.2, 0.25) is 0 Å². The van der Waals surface area contributed by atoms with E-state index in [1.165, 1.54) is 12.4 Å². The van der Waals surface area contributed by atoms with Crippen LogP contribution in [0.2, 0.25) is 5.02 Å². The van der Waals surface area contributed by atoms with E-state index in [-0.39, 0.29) is 11.6 Å². The van der Waals surface area contributed by atoms with Crippen molar-refractivity contribution in [2.75, 3.05) is 0 Å². The lowest BCUT2D eigenvalue weighted by Gasteiger charge is -2.10. The summed E-state index contributed by atoms with van der Waals surface area (Å²) < 4.78 is 44.7. The Hall–Kier alpha value is -3.28. The third-order valence-electron chi connectivity index (χ3n) is 3.99. The molecule has 31 heavy (non-hydrogen) atoms. The van der Waals surface area contributed by atoms with Gasteiger partial charge in [-0.1, -0.05) is 41.9 Å². The quantitative estimate of drug-likeness (QED) is 0.426. The monoisotopic (exact) mass is 466 g/mol. The Morgan fingerprint density at radius 1 is 1.23 bits per heavy atom. The summed E-state index contributed by atoms with van der Waals surface area (Å²) in [6.07, 6.45) is 3.12. The zero-order chi connectivity index (χ0) is 22.6. The Balaban J connectivity index is 1.69. The molecule has 162 valence electrons. The molecule has 0 spiro atoms. The first kappa shape index (κ1) is 22.4. The number of carbonyl (C=O) groups excluding carboxylic acids is 2. The molecule has 2 aromatic carbocycles. The minimum absolute atomic E-state index is 0.287. The summed E-state index contributed by atoms with van der Waals surface area (Å²) in [4.78, 5) is 29.8. The van der Waals surface area contributed by atoms with Crippen molar-refractivity contribution in [1.29, 1.82) is 0 Å². The summed E-state index contributed by atoms with van der Waals surface area (Å²) in [5.74, 6) is -2.23. The van der Waals surface area contributed by atoms with Gasteiger partial charge >= 0.3 is 15.3 Å². The van der Waals surface area contributed by atoms with Gasteiger partial charge in [0.25, 0.3) is 5.91 Å². The molecule has 0 fully saturated rings. The van der Waals surface area contributed by atoms with Crippen LogP contribution in [0, 0.1) is 5.82 Å². The first-order chi connectivity index (χ1) is 14.7. The van der Waals surface area contributed by atoms with Gasteiger partial charge in [-0.15, -0.1) is 4.83 Å². The third kappa shape index (κ3) is 5.45. The lowest BCUT2D eigenvalue weighted by Crippen LogP contribution is -2.44. The second kappa shape index (κ2) is 9.25. The van der Waals surface area contributed by atoms with Crippen LogP contribution in [0.25, 0.3) is 11.3 Å². The summed E-state index contributed by atoms with van der Waals surface area (Å²) in [7, 11) is -3.01. The lowest BCUT2D eigenvalue weighted by atomic mass is 10.1. The molecule has 3 aromatic rings. The van der Waals surface area contributed by atoms with Crippen molar-refractivity contribution in [1.82, 2.24) is 19.8 Å². The van der Waals surface area contributed by atoms with Gasteiger partial charge in [0, 0.05) is 18.8 Å². The van der Waals surface area contributed by atoms with Gasteiger partial charge in [-0.05, 0) is 17.7 Å². The van der Waals surface area contributed by atoms with Crippen LogP contribution >= 0.6 is 11.6 Å². The molecule has 2 N–H and O–H groups in total. The Bertz CT molecular complexity index is 1230. The Labute approximate surface area is 181 Å². The van der Waals surface area contributed by atoms with Gasteiger partial charge in [-0.25, -0.2) is 14.2 Å². The number of nitrogens with zero attached hydrogens (tertiary/aromatic N) is 2. The van der Waals surface area contributed by atoms with Crippen LogP contribution in [0.3, 0.4) is 0 Å². The average Bonchev–Trinajstić information content (AvgIpc) is 3.19. The summed E-state index contributed by atoms with van der Waals surface area (Å²) in [5, 5.41) is -1.98. The maximum absolute atomic E-state index is 14.4. The normalized spacial score (nSPS) is 11.2. The Morgan fingerprint density at radius 3 is 2.58 bits per heavy atom. The summed E-state index contributed by atoms with van der Waals surface area (Å²) in [6, 6.07) is 10.8. The molecule has 0 saturated heterocycles. The van der Waals surface area contributed by atoms with Crippen LogP contribution in [0.15, 0.2) is 55.0 Å². The van der Waals surface area contributed by atoms with E-state index in [4.69, 9.17) is 16.3 Å². The average molecular weight is 467 g/mol. The maximum Gasteiger partial charge on any atom is 0.441 e. The number of aryl methyl sites for hydroxylation is 1. The van der Waals surface area contributed by atoms with Crippen molar-refractivity contribution in [3.05, 3.63) is 77.0 Å². The van der Waals surface area contributed by atoms with Crippen LogP contribution in [0.1, 0.15) is 15.9 Å². The molecule has 0 radical (unpaired) electrons. The van der Waals surface area contributed by atoms with Crippen LogP contribution in [0.4, 0.5) is 9.18 Å².